The van der Waals surface area contributed by atoms with Crippen molar-refractivity contribution in [2.24, 2.45) is 0 Å². The van der Waals surface area contributed by atoms with E-state index in [4.69, 9.17) is 4.74 Å². The zero-order valence-corrected chi connectivity index (χ0v) is 14.9. The second-order valence-electron chi connectivity index (χ2n) is 5.46. The summed E-state index contributed by atoms with van der Waals surface area (Å²) in [5.41, 5.74) is 4.76. The molecule has 23 heavy (non-hydrogen) atoms. The number of carbonyl (C=O) groups is 1. The standard InChI is InChI=1S/C18H24N2O2.ClH/c1-5-22-18(21)17-12(2)16(20-14(17)4)11-19-13(3)15-9-7-6-8-10-15;/h6-10,13,19-20H,5,11H2,1-4H3;1H. The van der Waals surface area contributed by atoms with Gasteiger partial charge in [-0.25, -0.2) is 4.79 Å². The molecule has 2 aromatic rings. The van der Waals surface area contributed by atoms with E-state index in [2.05, 4.69) is 29.4 Å². The number of aromatic amines is 1. The Labute approximate surface area is 144 Å². The molecule has 1 aromatic heterocycles. The number of H-pyrrole nitrogens is 1. The minimum Gasteiger partial charge on any atom is -0.462 e. The predicted molar refractivity (Wildman–Crippen MR) is 95.2 cm³/mol. The predicted octanol–water partition coefficient (Wildman–Crippen LogP) is 4.08. The summed E-state index contributed by atoms with van der Waals surface area (Å²) in [7, 11) is 0. The van der Waals surface area contributed by atoms with Crippen LogP contribution in [0.4, 0.5) is 0 Å². The monoisotopic (exact) mass is 336 g/mol. The van der Waals surface area contributed by atoms with E-state index in [9.17, 15) is 4.79 Å². The van der Waals surface area contributed by atoms with Crippen LogP contribution >= 0.6 is 12.4 Å². The summed E-state index contributed by atoms with van der Waals surface area (Å²) in [5, 5.41) is 3.48. The Bertz CT molecular complexity index is 638. The van der Waals surface area contributed by atoms with Gasteiger partial charge >= 0.3 is 5.97 Å². The molecule has 1 atom stereocenters. The van der Waals surface area contributed by atoms with Crippen LogP contribution in [-0.4, -0.2) is 17.6 Å². The molecule has 1 unspecified atom stereocenters. The summed E-state index contributed by atoms with van der Waals surface area (Å²) in [6, 6.07) is 10.5. The molecule has 1 heterocycles. The molecule has 2 rings (SSSR count). The van der Waals surface area contributed by atoms with Gasteiger partial charge in [-0.15, -0.1) is 12.4 Å². The Morgan fingerprint density at radius 1 is 1.26 bits per heavy atom. The van der Waals surface area contributed by atoms with Gasteiger partial charge in [0.15, 0.2) is 0 Å². The number of aromatic nitrogens is 1. The zero-order valence-electron chi connectivity index (χ0n) is 14.1. The van der Waals surface area contributed by atoms with Gasteiger partial charge in [-0.2, -0.15) is 0 Å². The Hall–Kier alpha value is -1.78. The molecule has 5 heteroatoms. The van der Waals surface area contributed by atoms with E-state index >= 15 is 0 Å². The summed E-state index contributed by atoms with van der Waals surface area (Å²) in [6.45, 7) is 8.89. The van der Waals surface area contributed by atoms with Gasteiger partial charge in [0, 0.05) is 24.0 Å². The quantitative estimate of drug-likeness (QED) is 0.781. The summed E-state index contributed by atoms with van der Waals surface area (Å²) >= 11 is 0. The number of carbonyl (C=O) groups excluding carboxylic acids is 1. The van der Waals surface area contributed by atoms with Crippen molar-refractivity contribution in [2.75, 3.05) is 6.61 Å². The van der Waals surface area contributed by atoms with E-state index in [0.29, 0.717) is 18.7 Å². The lowest BCUT2D eigenvalue weighted by molar-refractivity contribution is 0.0525. The van der Waals surface area contributed by atoms with Crippen LogP contribution in [0, 0.1) is 13.8 Å². The number of hydrogen-bond acceptors (Lipinski definition) is 3. The highest BCUT2D eigenvalue weighted by Gasteiger charge is 2.19. The first-order valence-corrected chi connectivity index (χ1v) is 7.68. The van der Waals surface area contributed by atoms with E-state index < -0.39 is 0 Å². The van der Waals surface area contributed by atoms with E-state index in [0.717, 1.165) is 17.0 Å². The molecule has 0 fully saturated rings. The maximum absolute atomic E-state index is 12.0. The molecule has 1 aromatic carbocycles. The van der Waals surface area contributed by atoms with Crippen LogP contribution in [0.2, 0.25) is 0 Å². The van der Waals surface area contributed by atoms with Crippen LogP contribution in [0.3, 0.4) is 0 Å². The highest BCUT2D eigenvalue weighted by atomic mass is 35.5. The molecule has 2 N–H and O–H groups in total. The maximum Gasteiger partial charge on any atom is 0.340 e. The Morgan fingerprint density at radius 3 is 2.52 bits per heavy atom. The van der Waals surface area contributed by atoms with Crippen molar-refractivity contribution in [3.8, 4) is 0 Å². The highest BCUT2D eigenvalue weighted by Crippen LogP contribution is 2.20. The van der Waals surface area contributed by atoms with Crippen LogP contribution in [0.5, 0.6) is 0 Å². The third-order valence-electron chi connectivity index (χ3n) is 3.91. The number of esters is 1. The fourth-order valence-corrected chi connectivity index (χ4v) is 2.62. The van der Waals surface area contributed by atoms with Gasteiger partial charge in [0.05, 0.1) is 12.2 Å². The summed E-state index contributed by atoms with van der Waals surface area (Å²) in [5.74, 6) is -0.254. The highest BCUT2D eigenvalue weighted by molar-refractivity contribution is 5.92. The number of rotatable bonds is 6. The number of hydrogen-bond donors (Lipinski definition) is 2. The van der Waals surface area contributed by atoms with Gasteiger partial charge in [0.2, 0.25) is 0 Å². The van der Waals surface area contributed by atoms with Crippen LogP contribution < -0.4 is 5.32 Å². The van der Waals surface area contributed by atoms with Gasteiger partial charge in [0.25, 0.3) is 0 Å². The van der Waals surface area contributed by atoms with Gasteiger partial charge in [-0.1, -0.05) is 30.3 Å². The number of benzene rings is 1. The molecule has 0 aliphatic rings. The van der Waals surface area contributed by atoms with E-state index in [1.807, 2.05) is 39.0 Å². The smallest absolute Gasteiger partial charge is 0.340 e. The summed E-state index contributed by atoms with van der Waals surface area (Å²) in [6.07, 6.45) is 0. The lowest BCUT2D eigenvalue weighted by atomic mass is 10.1. The lowest BCUT2D eigenvalue weighted by Crippen LogP contribution is -2.18. The van der Waals surface area contributed by atoms with Crippen molar-refractivity contribution in [2.45, 2.75) is 40.3 Å². The van der Waals surface area contributed by atoms with E-state index in [1.165, 1.54) is 5.56 Å². The fraction of sp³-hybridized carbons (Fsp3) is 0.389. The van der Waals surface area contributed by atoms with Crippen LogP contribution in [0.15, 0.2) is 30.3 Å². The van der Waals surface area contributed by atoms with Crippen LogP contribution in [0.1, 0.15) is 52.8 Å². The first kappa shape index (κ1) is 19.3. The molecular formula is C18H25ClN2O2. The van der Waals surface area contributed by atoms with Gasteiger partial charge in [-0.05, 0) is 38.8 Å². The molecule has 4 nitrogen and oxygen atoms in total. The molecule has 0 radical (unpaired) electrons. The Balaban J connectivity index is 0.00000264. The van der Waals surface area contributed by atoms with Crippen molar-refractivity contribution < 1.29 is 9.53 Å². The summed E-state index contributed by atoms with van der Waals surface area (Å²) in [4.78, 5) is 15.3. The molecular weight excluding hydrogens is 312 g/mol. The SMILES string of the molecule is CCOC(=O)c1c(C)[nH]c(CNC(C)c2ccccc2)c1C.Cl. The number of aryl methyl sites for hydroxylation is 1. The average Bonchev–Trinajstić information content (AvgIpc) is 2.80. The lowest BCUT2D eigenvalue weighted by Gasteiger charge is -2.14. The van der Waals surface area contributed by atoms with Gasteiger partial charge in [0.1, 0.15) is 0 Å². The van der Waals surface area contributed by atoms with Crippen molar-refractivity contribution >= 4 is 18.4 Å². The van der Waals surface area contributed by atoms with Crippen molar-refractivity contribution in [1.29, 1.82) is 0 Å². The molecule has 0 saturated carbocycles. The number of ether oxygens (including phenoxy) is 1. The molecule has 0 spiro atoms. The number of nitrogens with one attached hydrogen (secondary N) is 2. The largest absolute Gasteiger partial charge is 0.462 e. The van der Waals surface area contributed by atoms with Crippen molar-refractivity contribution in [3.05, 3.63) is 58.4 Å². The van der Waals surface area contributed by atoms with E-state index in [1.54, 1.807) is 0 Å². The topological polar surface area (TPSA) is 54.1 Å². The number of halogens is 1. The molecule has 0 saturated heterocycles. The summed E-state index contributed by atoms with van der Waals surface area (Å²) < 4.78 is 5.12. The second-order valence-corrected chi connectivity index (χ2v) is 5.46. The second kappa shape index (κ2) is 8.75. The Morgan fingerprint density at radius 2 is 1.91 bits per heavy atom. The van der Waals surface area contributed by atoms with Gasteiger partial charge in [-0.3, -0.25) is 0 Å². The van der Waals surface area contributed by atoms with E-state index in [-0.39, 0.29) is 24.4 Å². The van der Waals surface area contributed by atoms with Crippen LogP contribution in [0.25, 0.3) is 0 Å². The average molecular weight is 337 g/mol. The molecule has 0 bridgehead atoms. The minimum atomic E-state index is -0.254. The molecule has 0 amide bonds. The van der Waals surface area contributed by atoms with Gasteiger partial charge < -0.3 is 15.0 Å². The van der Waals surface area contributed by atoms with Crippen molar-refractivity contribution in [1.82, 2.24) is 10.3 Å². The zero-order chi connectivity index (χ0) is 16.1. The first-order valence-electron chi connectivity index (χ1n) is 7.68. The Kier molecular flexibility index (Phi) is 7.33. The normalized spacial score (nSPS) is 11.7. The van der Waals surface area contributed by atoms with Crippen molar-refractivity contribution in [3.63, 3.8) is 0 Å². The maximum atomic E-state index is 12.0. The first-order chi connectivity index (χ1) is 10.5. The minimum absolute atomic E-state index is 0. The third kappa shape index (κ3) is 4.60. The molecule has 0 aliphatic carbocycles. The molecule has 126 valence electrons. The molecule has 0 aliphatic heterocycles. The third-order valence-corrected chi connectivity index (χ3v) is 3.91. The fourth-order valence-electron chi connectivity index (χ4n) is 2.62. The van der Waals surface area contributed by atoms with Crippen LogP contribution in [-0.2, 0) is 11.3 Å².